The van der Waals surface area contributed by atoms with Gasteiger partial charge >= 0.3 is 0 Å². The highest BCUT2D eigenvalue weighted by Crippen LogP contribution is 2.15. The first-order valence-electron chi connectivity index (χ1n) is 5.76. The first-order chi connectivity index (χ1) is 8.31. The first-order valence-corrected chi connectivity index (χ1v) is 5.76. The molecule has 0 saturated carbocycles. The number of nitrogens with one attached hydrogen (secondary N) is 1. The van der Waals surface area contributed by atoms with Crippen LogP contribution in [0.25, 0.3) is 0 Å². The molecule has 90 valence electrons. The maximum atomic E-state index is 4.22. The van der Waals surface area contributed by atoms with Gasteiger partial charge in [0.05, 0.1) is 6.67 Å². The maximum Gasteiger partial charge on any atom is 0.118 e. The van der Waals surface area contributed by atoms with E-state index in [0.29, 0.717) is 0 Å². The lowest BCUT2D eigenvalue weighted by atomic mass is 10.3. The number of nitrogens with zero attached hydrogens (tertiary/aromatic N) is 3. The summed E-state index contributed by atoms with van der Waals surface area (Å²) in [6.07, 6.45) is 6.15. The highest BCUT2D eigenvalue weighted by Gasteiger charge is 2.15. The van der Waals surface area contributed by atoms with Crippen molar-refractivity contribution in [1.82, 2.24) is 10.3 Å². The normalized spacial score (nSPS) is 19.9. The first kappa shape index (κ1) is 11.7. The van der Waals surface area contributed by atoms with Crippen molar-refractivity contribution in [2.75, 3.05) is 18.6 Å². The van der Waals surface area contributed by atoms with Gasteiger partial charge in [0.25, 0.3) is 0 Å². The van der Waals surface area contributed by atoms with Crippen LogP contribution >= 0.6 is 0 Å². The Morgan fingerprint density at radius 2 is 2.18 bits per heavy atom. The van der Waals surface area contributed by atoms with E-state index >= 15 is 0 Å². The van der Waals surface area contributed by atoms with E-state index in [1.165, 1.54) is 5.69 Å². The van der Waals surface area contributed by atoms with Crippen molar-refractivity contribution >= 4 is 11.9 Å². The van der Waals surface area contributed by atoms with Crippen LogP contribution in [0.4, 0.5) is 5.69 Å². The molecule has 1 aliphatic rings. The summed E-state index contributed by atoms with van der Waals surface area (Å²) in [5.41, 5.74) is 1.19. The van der Waals surface area contributed by atoms with Gasteiger partial charge in [-0.2, -0.15) is 5.10 Å². The Bertz CT molecular complexity index is 399. The van der Waals surface area contributed by atoms with Crippen molar-refractivity contribution in [3.63, 3.8) is 0 Å². The second-order valence-electron chi connectivity index (χ2n) is 3.90. The summed E-state index contributed by atoms with van der Waals surface area (Å²) < 4.78 is 0. The van der Waals surface area contributed by atoms with Crippen molar-refractivity contribution < 1.29 is 0 Å². The lowest BCUT2D eigenvalue weighted by molar-refractivity contribution is 0.253. The number of rotatable bonds is 3. The smallest absolute Gasteiger partial charge is 0.118 e. The summed E-state index contributed by atoms with van der Waals surface area (Å²) in [5, 5.41) is 9.53. The van der Waals surface area contributed by atoms with Crippen LogP contribution in [0.5, 0.6) is 0 Å². The van der Waals surface area contributed by atoms with Crippen molar-refractivity contribution in [2.24, 2.45) is 5.10 Å². The van der Waals surface area contributed by atoms with E-state index in [2.05, 4.69) is 39.7 Å². The Hall–Kier alpha value is -1.81. The molecule has 1 unspecified atom stereocenters. The molecule has 4 nitrogen and oxygen atoms in total. The van der Waals surface area contributed by atoms with Gasteiger partial charge < -0.3 is 4.90 Å². The van der Waals surface area contributed by atoms with Crippen LogP contribution in [-0.2, 0) is 0 Å². The number of hydrazone groups is 1. The molecule has 1 atom stereocenters. The molecule has 4 heteroatoms. The van der Waals surface area contributed by atoms with Gasteiger partial charge in [0.1, 0.15) is 6.17 Å². The Kier molecular flexibility index (Phi) is 3.77. The minimum absolute atomic E-state index is 0.158. The molecular weight excluding hydrogens is 212 g/mol. The van der Waals surface area contributed by atoms with Gasteiger partial charge in [0, 0.05) is 25.1 Å². The quantitative estimate of drug-likeness (QED) is 0.635. The molecule has 1 aromatic carbocycles. The third kappa shape index (κ3) is 2.85. The summed E-state index contributed by atoms with van der Waals surface area (Å²) in [4.78, 5) is 2.17. The summed E-state index contributed by atoms with van der Waals surface area (Å²) in [5.74, 6) is 0. The number of hydrogen-bond acceptors (Lipinski definition) is 4. The standard InChI is InChI=1S/C13H18N4/c1-3-15-16(2)13-9-10-17(11-14-13)12-7-5-4-6-8-12/h3-10,13-14H,11H2,1-2H3. The van der Waals surface area contributed by atoms with Crippen molar-refractivity contribution in [1.29, 1.82) is 0 Å². The van der Waals surface area contributed by atoms with E-state index in [4.69, 9.17) is 0 Å². The molecule has 0 aliphatic carbocycles. The highest BCUT2D eigenvalue weighted by molar-refractivity contribution is 5.53. The predicted octanol–water partition coefficient (Wildman–Crippen LogP) is 1.83. The number of para-hydroxylation sites is 1. The summed E-state index contributed by atoms with van der Waals surface area (Å²) in [6.45, 7) is 2.70. The molecule has 0 radical (unpaired) electrons. The molecule has 0 spiro atoms. The van der Waals surface area contributed by atoms with Gasteiger partial charge in [-0.1, -0.05) is 18.2 Å². The van der Waals surface area contributed by atoms with Crippen LogP contribution in [-0.4, -0.2) is 31.1 Å². The van der Waals surface area contributed by atoms with E-state index < -0.39 is 0 Å². The van der Waals surface area contributed by atoms with E-state index in [0.717, 1.165) is 6.67 Å². The Balaban J connectivity index is 2.02. The molecule has 0 saturated heterocycles. The number of likely N-dealkylation sites (N-methyl/N-ethyl adjacent to an activating group) is 1. The summed E-state index contributed by atoms with van der Waals surface area (Å²) in [7, 11) is 1.96. The van der Waals surface area contributed by atoms with Crippen molar-refractivity contribution in [2.45, 2.75) is 13.1 Å². The van der Waals surface area contributed by atoms with E-state index in [1.54, 1.807) is 6.21 Å². The SMILES string of the molecule is CC=NN(C)C1C=CN(c2ccccc2)CN1. The van der Waals surface area contributed by atoms with Gasteiger partial charge in [0.15, 0.2) is 0 Å². The molecule has 0 amide bonds. The average molecular weight is 230 g/mol. The minimum atomic E-state index is 0.158. The average Bonchev–Trinajstić information content (AvgIpc) is 2.40. The van der Waals surface area contributed by atoms with Gasteiger partial charge in [-0.25, -0.2) is 0 Å². The number of anilines is 1. The zero-order valence-electron chi connectivity index (χ0n) is 10.2. The Morgan fingerprint density at radius 3 is 2.76 bits per heavy atom. The second kappa shape index (κ2) is 5.50. The molecule has 0 aromatic heterocycles. The summed E-state index contributed by atoms with van der Waals surface area (Å²) >= 11 is 0. The topological polar surface area (TPSA) is 30.9 Å². The highest BCUT2D eigenvalue weighted by atomic mass is 15.5. The zero-order valence-corrected chi connectivity index (χ0v) is 10.2. The lowest BCUT2D eigenvalue weighted by Gasteiger charge is -2.32. The Morgan fingerprint density at radius 1 is 1.41 bits per heavy atom. The molecule has 17 heavy (non-hydrogen) atoms. The van der Waals surface area contributed by atoms with E-state index in [1.807, 2.05) is 37.2 Å². The van der Waals surface area contributed by atoms with Crippen LogP contribution in [0.3, 0.4) is 0 Å². The zero-order chi connectivity index (χ0) is 12.1. The molecule has 0 bridgehead atoms. The maximum absolute atomic E-state index is 4.22. The largest absolute Gasteiger partial charge is 0.335 e. The van der Waals surface area contributed by atoms with Crippen molar-refractivity contribution in [3.8, 4) is 0 Å². The third-order valence-electron chi connectivity index (χ3n) is 2.71. The third-order valence-corrected chi connectivity index (χ3v) is 2.71. The Labute approximate surface area is 102 Å². The second-order valence-corrected chi connectivity index (χ2v) is 3.90. The molecule has 1 aliphatic heterocycles. The summed E-state index contributed by atoms with van der Waals surface area (Å²) in [6, 6.07) is 10.3. The fourth-order valence-electron chi connectivity index (χ4n) is 1.81. The van der Waals surface area contributed by atoms with Gasteiger partial charge in [-0.15, -0.1) is 0 Å². The molecular formula is C13H18N4. The van der Waals surface area contributed by atoms with Crippen LogP contribution in [0.15, 0.2) is 47.7 Å². The lowest BCUT2D eigenvalue weighted by Crippen LogP contribution is -2.47. The van der Waals surface area contributed by atoms with Crippen LogP contribution in [0.2, 0.25) is 0 Å². The minimum Gasteiger partial charge on any atom is -0.335 e. The fourth-order valence-corrected chi connectivity index (χ4v) is 1.81. The fraction of sp³-hybridized carbons (Fsp3) is 0.308. The van der Waals surface area contributed by atoms with Gasteiger partial charge in [-0.3, -0.25) is 10.3 Å². The van der Waals surface area contributed by atoms with Crippen LogP contribution in [0, 0.1) is 0 Å². The molecule has 2 rings (SSSR count). The molecule has 0 fully saturated rings. The number of benzene rings is 1. The molecule has 1 aromatic rings. The van der Waals surface area contributed by atoms with Crippen molar-refractivity contribution in [3.05, 3.63) is 42.6 Å². The monoisotopic (exact) mass is 230 g/mol. The molecule has 1 heterocycles. The van der Waals surface area contributed by atoms with Gasteiger partial charge in [-0.05, 0) is 25.1 Å². The van der Waals surface area contributed by atoms with Gasteiger partial charge in [0.2, 0.25) is 0 Å². The van der Waals surface area contributed by atoms with E-state index in [-0.39, 0.29) is 6.17 Å². The van der Waals surface area contributed by atoms with Crippen LogP contribution < -0.4 is 10.2 Å². The number of hydrogen-bond donors (Lipinski definition) is 1. The van der Waals surface area contributed by atoms with E-state index in [9.17, 15) is 0 Å². The molecule has 1 N–H and O–H groups in total. The van der Waals surface area contributed by atoms with Crippen LogP contribution in [0.1, 0.15) is 6.92 Å². The predicted molar refractivity (Wildman–Crippen MR) is 71.8 cm³/mol.